The second kappa shape index (κ2) is 6.34. The van der Waals surface area contributed by atoms with Gasteiger partial charge < -0.3 is 5.32 Å². The molecule has 0 fully saturated rings. The molecular weight excluding hydrogens is 324 g/mol. The first-order chi connectivity index (χ1) is 11.9. The van der Waals surface area contributed by atoms with Crippen LogP contribution in [0.4, 0.5) is 5.69 Å². The van der Waals surface area contributed by atoms with Crippen LogP contribution in [0.5, 0.6) is 0 Å². The molecule has 0 spiro atoms. The van der Waals surface area contributed by atoms with Crippen LogP contribution < -0.4 is 16.6 Å². The summed E-state index contributed by atoms with van der Waals surface area (Å²) in [4.78, 5) is 40.4. The molecule has 0 unspecified atom stereocenters. The first kappa shape index (κ1) is 16.6. The van der Waals surface area contributed by atoms with E-state index in [1.807, 2.05) is 13.1 Å². The highest BCUT2D eigenvalue weighted by Gasteiger charge is 2.11. The Bertz CT molecular complexity index is 1080. The maximum atomic E-state index is 12.2. The number of pyridine rings is 1. The van der Waals surface area contributed by atoms with E-state index in [1.54, 1.807) is 17.9 Å². The molecule has 0 aliphatic heterocycles. The number of fused-ring (bicyclic) bond motifs is 1. The molecule has 3 rings (SSSR count). The Balaban J connectivity index is 1.81. The fourth-order valence-corrected chi connectivity index (χ4v) is 2.56. The quantitative estimate of drug-likeness (QED) is 0.728. The third kappa shape index (κ3) is 3.21. The molecular formula is C16H18N6O3. The molecule has 0 saturated heterocycles. The van der Waals surface area contributed by atoms with Gasteiger partial charge in [0.2, 0.25) is 5.91 Å². The summed E-state index contributed by atoms with van der Waals surface area (Å²) in [6.45, 7) is 2.38. The van der Waals surface area contributed by atoms with Crippen molar-refractivity contribution in [2.75, 3.05) is 5.32 Å². The fourth-order valence-electron chi connectivity index (χ4n) is 2.56. The highest BCUT2D eigenvalue weighted by molar-refractivity contribution is 5.92. The summed E-state index contributed by atoms with van der Waals surface area (Å²) in [5.74, 6) is -0.212. The lowest BCUT2D eigenvalue weighted by molar-refractivity contribution is -0.116. The van der Waals surface area contributed by atoms with Crippen molar-refractivity contribution in [3.8, 4) is 0 Å². The molecule has 3 aromatic heterocycles. The molecule has 0 aliphatic rings. The number of hydrogen-bond donors (Lipinski definition) is 1. The van der Waals surface area contributed by atoms with E-state index in [9.17, 15) is 14.4 Å². The van der Waals surface area contributed by atoms with Gasteiger partial charge in [0.15, 0.2) is 0 Å². The Labute approximate surface area is 142 Å². The van der Waals surface area contributed by atoms with Gasteiger partial charge in [-0.3, -0.25) is 23.4 Å². The minimum absolute atomic E-state index is 0.212. The van der Waals surface area contributed by atoms with Gasteiger partial charge in [0.05, 0.1) is 23.5 Å². The molecule has 0 radical (unpaired) electrons. The van der Waals surface area contributed by atoms with Crippen LogP contribution in [0.1, 0.15) is 12.0 Å². The summed E-state index contributed by atoms with van der Waals surface area (Å²) < 4.78 is 4.00. The second-order valence-electron chi connectivity index (χ2n) is 5.88. The van der Waals surface area contributed by atoms with Crippen molar-refractivity contribution in [1.29, 1.82) is 0 Å². The average molecular weight is 342 g/mol. The second-order valence-corrected chi connectivity index (χ2v) is 5.88. The van der Waals surface area contributed by atoms with Crippen molar-refractivity contribution in [3.05, 3.63) is 51.1 Å². The lowest BCUT2D eigenvalue weighted by Crippen LogP contribution is -2.37. The number of aromatic nitrogens is 5. The Morgan fingerprint density at radius 1 is 1.20 bits per heavy atom. The summed E-state index contributed by atoms with van der Waals surface area (Å²) in [7, 11) is 2.95. The van der Waals surface area contributed by atoms with Crippen LogP contribution in [0, 0.1) is 6.92 Å². The normalized spacial score (nSPS) is 11.0. The molecule has 1 amide bonds. The zero-order valence-corrected chi connectivity index (χ0v) is 14.2. The van der Waals surface area contributed by atoms with Crippen LogP contribution in [-0.2, 0) is 25.4 Å². The van der Waals surface area contributed by atoms with Crippen molar-refractivity contribution >= 4 is 22.6 Å². The predicted octanol–water partition coefficient (Wildman–Crippen LogP) is 0.166. The van der Waals surface area contributed by atoms with Crippen LogP contribution in [0.25, 0.3) is 11.0 Å². The van der Waals surface area contributed by atoms with E-state index in [2.05, 4.69) is 15.4 Å². The van der Waals surface area contributed by atoms with Crippen LogP contribution >= 0.6 is 0 Å². The Kier molecular flexibility index (Phi) is 4.22. The van der Waals surface area contributed by atoms with Crippen molar-refractivity contribution in [3.63, 3.8) is 0 Å². The minimum Gasteiger partial charge on any atom is -0.325 e. The van der Waals surface area contributed by atoms with Crippen LogP contribution in [-0.4, -0.2) is 29.8 Å². The third-order valence-corrected chi connectivity index (χ3v) is 3.91. The van der Waals surface area contributed by atoms with Crippen LogP contribution in [0.15, 0.2) is 34.2 Å². The van der Waals surface area contributed by atoms with Gasteiger partial charge in [0.25, 0.3) is 5.56 Å². The number of anilines is 1. The summed E-state index contributed by atoms with van der Waals surface area (Å²) >= 11 is 0. The van der Waals surface area contributed by atoms with E-state index in [0.29, 0.717) is 12.2 Å². The SMILES string of the molecule is Cc1cnn(CCC(=O)Nc2cnc3c(c2)c(=O)n(C)c(=O)n3C)c1. The molecule has 1 N–H and O–H groups in total. The van der Waals surface area contributed by atoms with Gasteiger partial charge in [-0.05, 0) is 18.6 Å². The number of aryl methyl sites for hydroxylation is 3. The number of carbonyl (C=O) groups excluding carboxylic acids is 1. The molecule has 0 atom stereocenters. The summed E-state index contributed by atoms with van der Waals surface area (Å²) in [5.41, 5.74) is 0.814. The Morgan fingerprint density at radius 3 is 2.64 bits per heavy atom. The third-order valence-electron chi connectivity index (χ3n) is 3.91. The van der Waals surface area contributed by atoms with Crippen molar-refractivity contribution in [2.24, 2.45) is 14.1 Å². The number of rotatable bonds is 4. The Hall–Kier alpha value is -3.23. The van der Waals surface area contributed by atoms with Crippen LogP contribution in [0.3, 0.4) is 0 Å². The monoisotopic (exact) mass is 342 g/mol. The molecule has 0 bridgehead atoms. The van der Waals surface area contributed by atoms with E-state index < -0.39 is 11.2 Å². The van der Waals surface area contributed by atoms with Crippen molar-refractivity contribution < 1.29 is 4.79 Å². The maximum absolute atomic E-state index is 12.2. The summed E-state index contributed by atoms with van der Waals surface area (Å²) in [6, 6.07) is 1.53. The number of nitrogens with zero attached hydrogens (tertiary/aromatic N) is 5. The summed E-state index contributed by atoms with van der Waals surface area (Å²) in [6.07, 6.45) is 5.25. The number of carbonyl (C=O) groups is 1. The fraction of sp³-hybridized carbons (Fsp3) is 0.312. The van der Waals surface area contributed by atoms with Gasteiger partial charge in [-0.25, -0.2) is 9.78 Å². The molecule has 9 heteroatoms. The van der Waals surface area contributed by atoms with E-state index in [0.717, 1.165) is 10.1 Å². The smallest absolute Gasteiger partial charge is 0.325 e. The van der Waals surface area contributed by atoms with E-state index >= 15 is 0 Å². The molecule has 3 heterocycles. The molecule has 130 valence electrons. The van der Waals surface area contributed by atoms with Gasteiger partial charge >= 0.3 is 5.69 Å². The van der Waals surface area contributed by atoms with Crippen LogP contribution in [0.2, 0.25) is 0 Å². The zero-order chi connectivity index (χ0) is 18.1. The predicted molar refractivity (Wildman–Crippen MR) is 92.4 cm³/mol. The van der Waals surface area contributed by atoms with Crippen molar-refractivity contribution in [2.45, 2.75) is 19.9 Å². The standard InChI is InChI=1S/C16H18N6O3/c1-10-7-18-22(9-10)5-4-13(23)19-11-6-12-14(17-8-11)20(2)16(25)21(3)15(12)24/h6-9H,4-5H2,1-3H3,(H,19,23). The Morgan fingerprint density at radius 2 is 1.96 bits per heavy atom. The van der Waals surface area contributed by atoms with Crippen molar-refractivity contribution in [1.82, 2.24) is 23.9 Å². The van der Waals surface area contributed by atoms with E-state index in [1.165, 1.54) is 23.9 Å². The van der Waals surface area contributed by atoms with Gasteiger partial charge in [0.1, 0.15) is 5.65 Å². The topological polar surface area (TPSA) is 104 Å². The number of hydrogen-bond acceptors (Lipinski definition) is 5. The lowest BCUT2D eigenvalue weighted by Gasteiger charge is -2.09. The first-order valence-electron chi connectivity index (χ1n) is 7.71. The molecule has 9 nitrogen and oxygen atoms in total. The molecule has 3 aromatic rings. The van der Waals surface area contributed by atoms with Gasteiger partial charge in [-0.1, -0.05) is 0 Å². The lowest BCUT2D eigenvalue weighted by atomic mass is 10.3. The minimum atomic E-state index is -0.450. The highest BCUT2D eigenvalue weighted by atomic mass is 16.2. The van der Waals surface area contributed by atoms with Gasteiger partial charge in [-0.2, -0.15) is 5.10 Å². The maximum Gasteiger partial charge on any atom is 0.332 e. The number of amides is 1. The number of nitrogens with one attached hydrogen (secondary N) is 1. The molecule has 25 heavy (non-hydrogen) atoms. The molecule has 0 saturated carbocycles. The van der Waals surface area contributed by atoms with Gasteiger partial charge in [0, 0.05) is 33.3 Å². The first-order valence-corrected chi connectivity index (χ1v) is 7.71. The van der Waals surface area contributed by atoms with E-state index in [4.69, 9.17) is 0 Å². The molecule has 0 aromatic carbocycles. The van der Waals surface area contributed by atoms with E-state index in [-0.39, 0.29) is 23.4 Å². The zero-order valence-electron chi connectivity index (χ0n) is 14.2. The largest absolute Gasteiger partial charge is 0.332 e. The summed E-state index contributed by atoms with van der Waals surface area (Å²) in [5, 5.41) is 7.11. The average Bonchev–Trinajstić information content (AvgIpc) is 3.01. The van der Waals surface area contributed by atoms with Gasteiger partial charge in [-0.15, -0.1) is 0 Å². The highest BCUT2D eigenvalue weighted by Crippen LogP contribution is 2.12. The molecule has 0 aliphatic carbocycles.